The Morgan fingerprint density at radius 3 is 2.45 bits per heavy atom. The minimum Gasteiger partial charge on any atom is -0.497 e. The largest absolute Gasteiger partial charge is 0.497 e. The highest BCUT2D eigenvalue weighted by atomic mass is 79.9. The Morgan fingerprint density at radius 1 is 1.14 bits per heavy atom. The van der Waals surface area contributed by atoms with E-state index in [1.807, 2.05) is 47.4 Å². The summed E-state index contributed by atoms with van der Waals surface area (Å²) in [5.41, 5.74) is 2.63. The number of halogens is 1. The monoisotopic (exact) mass is 359 g/mol. The summed E-state index contributed by atoms with van der Waals surface area (Å²) in [7, 11) is 1.65. The molecule has 0 aromatic heterocycles. The van der Waals surface area contributed by atoms with Crippen molar-refractivity contribution in [2.45, 2.75) is 25.9 Å². The number of ether oxygens (including phenoxy) is 1. The lowest BCUT2D eigenvalue weighted by atomic mass is 9.93. The number of amides is 1. The number of benzene rings is 2. The van der Waals surface area contributed by atoms with Gasteiger partial charge in [0.2, 0.25) is 0 Å². The molecule has 3 nitrogen and oxygen atoms in total. The Hall–Kier alpha value is -1.81. The van der Waals surface area contributed by atoms with Gasteiger partial charge in [-0.15, -0.1) is 0 Å². The van der Waals surface area contributed by atoms with Crippen LogP contribution in [0.15, 0.2) is 46.9 Å². The molecule has 0 spiro atoms. The van der Waals surface area contributed by atoms with Crippen molar-refractivity contribution in [3.8, 4) is 5.75 Å². The first kappa shape index (κ1) is 15.1. The van der Waals surface area contributed by atoms with E-state index >= 15 is 0 Å². The summed E-state index contributed by atoms with van der Waals surface area (Å²) in [5, 5.41) is 0. The number of rotatable bonds is 3. The zero-order valence-electron chi connectivity index (χ0n) is 12.9. The Morgan fingerprint density at radius 2 is 1.82 bits per heavy atom. The Labute approximate surface area is 139 Å². The summed E-state index contributed by atoms with van der Waals surface area (Å²) in [5.74, 6) is 0.909. The van der Waals surface area contributed by atoms with Gasteiger partial charge in [0, 0.05) is 16.6 Å². The first-order valence-electron chi connectivity index (χ1n) is 7.18. The van der Waals surface area contributed by atoms with Gasteiger partial charge in [0.05, 0.1) is 12.6 Å². The van der Waals surface area contributed by atoms with E-state index in [1.54, 1.807) is 7.11 Å². The van der Waals surface area contributed by atoms with Crippen LogP contribution in [0.5, 0.6) is 5.75 Å². The van der Waals surface area contributed by atoms with E-state index < -0.39 is 0 Å². The normalized spacial score (nSPS) is 15.8. The van der Waals surface area contributed by atoms with Crippen LogP contribution >= 0.6 is 15.9 Å². The maximum absolute atomic E-state index is 12.7. The molecule has 2 aromatic rings. The van der Waals surface area contributed by atoms with Gasteiger partial charge in [-0.3, -0.25) is 4.79 Å². The third-order valence-electron chi connectivity index (χ3n) is 4.29. The van der Waals surface area contributed by atoms with Crippen LogP contribution in [0.4, 0.5) is 0 Å². The molecule has 0 fully saturated rings. The maximum Gasteiger partial charge on any atom is 0.255 e. The van der Waals surface area contributed by atoms with Crippen molar-refractivity contribution in [2.75, 3.05) is 7.11 Å². The van der Waals surface area contributed by atoms with Gasteiger partial charge >= 0.3 is 0 Å². The molecule has 0 N–H and O–H groups in total. The lowest BCUT2D eigenvalue weighted by molar-refractivity contribution is 0.0595. The van der Waals surface area contributed by atoms with Crippen molar-refractivity contribution in [2.24, 2.45) is 0 Å². The summed E-state index contributed by atoms with van der Waals surface area (Å²) in [6.07, 6.45) is 0. The van der Waals surface area contributed by atoms with E-state index in [9.17, 15) is 4.79 Å². The van der Waals surface area contributed by atoms with Crippen LogP contribution in [-0.2, 0) is 12.1 Å². The van der Waals surface area contributed by atoms with E-state index in [2.05, 4.69) is 29.8 Å². The van der Waals surface area contributed by atoms with Gasteiger partial charge in [-0.2, -0.15) is 0 Å². The maximum atomic E-state index is 12.7. The third-order valence-corrected chi connectivity index (χ3v) is 4.78. The summed E-state index contributed by atoms with van der Waals surface area (Å²) < 4.78 is 6.18. The van der Waals surface area contributed by atoms with Crippen molar-refractivity contribution in [3.05, 3.63) is 63.6 Å². The van der Waals surface area contributed by atoms with Gasteiger partial charge in [-0.25, -0.2) is 0 Å². The fourth-order valence-corrected chi connectivity index (χ4v) is 3.30. The number of hydrogen-bond donors (Lipinski definition) is 0. The smallest absolute Gasteiger partial charge is 0.255 e. The van der Waals surface area contributed by atoms with Gasteiger partial charge < -0.3 is 9.64 Å². The Balaban J connectivity index is 1.93. The minimum atomic E-state index is -0.323. The summed E-state index contributed by atoms with van der Waals surface area (Å²) in [6.45, 7) is 4.77. The number of nitrogens with zero attached hydrogens (tertiary/aromatic N) is 1. The van der Waals surface area contributed by atoms with Crippen LogP contribution in [0, 0.1) is 0 Å². The molecule has 2 aromatic carbocycles. The van der Waals surface area contributed by atoms with Gasteiger partial charge in [0.1, 0.15) is 5.75 Å². The lowest BCUT2D eigenvalue weighted by Gasteiger charge is -2.32. The van der Waals surface area contributed by atoms with Crippen LogP contribution in [0.25, 0.3) is 0 Å². The molecule has 1 aliphatic rings. The van der Waals surface area contributed by atoms with Crippen LogP contribution < -0.4 is 4.74 Å². The first-order chi connectivity index (χ1) is 10.4. The molecular formula is C18H18BrNO2. The lowest BCUT2D eigenvalue weighted by Crippen LogP contribution is -2.38. The summed E-state index contributed by atoms with van der Waals surface area (Å²) >= 11 is 3.50. The molecule has 0 radical (unpaired) electrons. The highest BCUT2D eigenvalue weighted by Crippen LogP contribution is 2.40. The number of carbonyl (C=O) groups excluding carboxylic acids is 1. The van der Waals surface area contributed by atoms with E-state index in [-0.39, 0.29) is 11.4 Å². The average Bonchev–Trinajstić information content (AvgIpc) is 2.69. The molecule has 1 amide bonds. The molecule has 1 heterocycles. The van der Waals surface area contributed by atoms with Gasteiger partial charge in [0.15, 0.2) is 0 Å². The SMILES string of the molecule is COc1ccc(CN2C(=O)c3ccc(Br)cc3C2(C)C)cc1. The Bertz CT molecular complexity index is 722. The van der Waals surface area contributed by atoms with E-state index in [4.69, 9.17) is 4.74 Å². The minimum absolute atomic E-state index is 0.0864. The molecule has 1 aliphatic heterocycles. The quantitative estimate of drug-likeness (QED) is 0.815. The van der Waals surface area contributed by atoms with E-state index in [0.29, 0.717) is 6.54 Å². The van der Waals surface area contributed by atoms with Crippen LogP contribution in [-0.4, -0.2) is 17.9 Å². The molecule has 0 atom stereocenters. The van der Waals surface area contributed by atoms with Crippen molar-refractivity contribution in [1.82, 2.24) is 4.90 Å². The second-order valence-electron chi connectivity index (χ2n) is 5.99. The third kappa shape index (κ3) is 2.41. The topological polar surface area (TPSA) is 29.5 Å². The fraction of sp³-hybridized carbons (Fsp3) is 0.278. The molecule has 0 saturated heterocycles. The van der Waals surface area contributed by atoms with Gasteiger partial charge in [-0.1, -0.05) is 28.1 Å². The first-order valence-corrected chi connectivity index (χ1v) is 7.97. The molecule has 4 heteroatoms. The zero-order chi connectivity index (χ0) is 15.9. The molecule has 0 bridgehead atoms. The van der Waals surface area contributed by atoms with Crippen molar-refractivity contribution in [1.29, 1.82) is 0 Å². The molecule has 22 heavy (non-hydrogen) atoms. The second-order valence-corrected chi connectivity index (χ2v) is 6.90. The predicted molar refractivity (Wildman–Crippen MR) is 90.0 cm³/mol. The molecule has 0 aliphatic carbocycles. The van der Waals surface area contributed by atoms with Gasteiger partial charge in [-0.05, 0) is 55.3 Å². The van der Waals surface area contributed by atoms with Crippen molar-refractivity contribution >= 4 is 21.8 Å². The van der Waals surface area contributed by atoms with E-state index in [1.165, 1.54) is 0 Å². The van der Waals surface area contributed by atoms with Crippen molar-refractivity contribution < 1.29 is 9.53 Å². The Kier molecular flexibility index (Phi) is 3.73. The zero-order valence-corrected chi connectivity index (χ0v) is 14.5. The van der Waals surface area contributed by atoms with Crippen LogP contribution in [0.2, 0.25) is 0 Å². The highest BCUT2D eigenvalue weighted by Gasteiger charge is 2.42. The fourth-order valence-electron chi connectivity index (χ4n) is 2.94. The molecule has 114 valence electrons. The molecular weight excluding hydrogens is 342 g/mol. The summed E-state index contributed by atoms with van der Waals surface area (Å²) in [4.78, 5) is 14.7. The number of carbonyl (C=O) groups is 1. The number of methoxy groups -OCH3 is 1. The highest BCUT2D eigenvalue weighted by molar-refractivity contribution is 9.10. The van der Waals surface area contributed by atoms with Gasteiger partial charge in [0.25, 0.3) is 5.91 Å². The number of fused-ring (bicyclic) bond motifs is 1. The number of hydrogen-bond acceptors (Lipinski definition) is 2. The second kappa shape index (κ2) is 5.43. The van der Waals surface area contributed by atoms with E-state index in [0.717, 1.165) is 26.9 Å². The van der Waals surface area contributed by atoms with Crippen LogP contribution in [0.3, 0.4) is 0 Å². The predicted octanol–water partition coefficient (Wildman–Crippen LogP) is 4.35. The average molecular weight is 360 g/mol. The van der Waals surface area contributed by atoms with Crippen LogP contribution in [0.1, 0.15) is 35.3 Å². The molecule has 0 saturated carbocycles. The van der Waals surface area contributed by atoms with Crippen molar-refractivity contribution in [3.63, 3.8) is 0 Å². The summed E-state index contributed by atoms with van der Waals surface area (Å²) in [6, 6.07) is 13.7. The molecule has 0 unspecified atom stereocenters. The molecule has 3 rings (SSSR count). The standard InChI is InChI=1S/C18H18BrNO2/c1-18(2)16-10-13(19)6-9-15(16)17(21)20(18)11-12-4-7-14(22-3)8-5-12/h4-10H,11H2,1-3H3.